The van der Waals surface area contributed by atoms with Crippen LogP contribution in [0.15, 0.2) is 84.9 Å². The Bertz CT molecular complexity index is 1010. The van der Waals surface area contributed by atoms with Crippen LogP contribution in [0.25, 0.3) is 33.9 Å². The Hall–Kier alpha value is -3.04. The van der Waals surface area contributed by atoms with Crippen LogP contribution >= 0.6 is 11.6 Å². The molecule has 3 nitrogen and oxygen atoms in total. The molecule has 0 fully saturated rings. The molecule has 1 N–H and O–H groups in total. The zero-order chi connectivity index (χ0) is 17.2. The van der Waals surface area contributed by atoms with Crippen LogP contribution < -0.4 is 0 Å². The molecule has 0 aliphatic heterocycles. The Morgan fingerprint density at radius 3 is 1.96 bits per heavy atom. The van der Waals surface area contributed by atoms with E-state index in [1.165, 1.54) is 0 Å². The number of imidazole rings is 1. The van der Waals surface area contributed by atoms with Crippen molar-refractivity contribution >= 4 is 11.6 Å². The number of rotatable bonds is 3. The molecule has 1 heterocycles. The first-order valence-corrected chi connectivity index (χ1v) is 8.30. The minimum absolute atomic E-state index is 0.459. The molecule has 4 heteroatoms. The van der Waals surface area contributed by atoms with Crippen molar-refractivity contribution in [2.45, 2.75) is 0 Å². The van der Waals surface area contributed by atoms with Gasteiger partial charge in [-0.05, 0) is 12.1 Å². The summed E-state index contributed by atoms with van der Waals surface area (Å²) >= 11 is 6.11. The molecular formula is C21H15ClN2O. The van der Waals surface area contributed by atoms with Gasteiger partial charge in [-0.1, -0.05) is 84.4 Å². The molecule has 122 valence electrons. The van der Waals surface area contributed by atoms with Crippen molar-refractivity contribution in [2.24, 2.45) is 0 Å². The third kappa shape index (κ3) is 2.90. The highest BCUT2D eigenvalue weighted by molar-refractivity contribution is 6.30. The van der Waals surface area contributed by atoms with Gasteiger partial charge in [0.1, 0.15) is 11.4 Å². The topological polar surface area (TPSA) is 38.0 Å². The van der Waals surface area contributed by atoms with Crippen LogP contribution in [0.3, 0.4) is 0 Å². The second-order valence-corrected chi connectivity index (χ2v) is 6.12. The second-order valence-electron chi connectivity index (χ2n) is 5.69. The molecule has 0 aliphatic carbocycles. The Morgan fingerprint density at radius 1 is 0.720 bits per heavy atom. The van der Waals surface area contributed by atoms with Gasteiger partial charge in [0.25, 0.3) is 0 Å². The molecule has 0 amide bonds. The first-order chi connectivity index (χ1) is 12.2. The van der Waals surface area contributed by atoms with Gasteiger partial charge in [0.2, 0.25) is 0 Å². The van der Waals surface area contributed by atoms with Crippen LogP contribution in [-0.4, -0.2) is 14.9 Å². The average Bonchev–Trinajstić information content (AvgIpc) is 3.00. The van der Waals surface area contributed by atoms with Crippen molar-refractivity contribution in [3.63, 3.8) is 0 Å². The lowest BCUT2D eigenvalue weighted by Crippen LogP contribution is -1.97. The molecule has 0 atom stereocenters. The first kappa shape index (κ1) is 15.5. The molecular weight excluding hydrogens is 332 g/mol. The molecule has 0 unspecified atom stereocenters. The predicted octanol–water partition coefficient (Wildman–Crippen LogP) is 5.77. The van der Waals surface area contributed by atoms with Gasteiger partial charge in [0.05, 0.1) is 0 Å². The van der Waals surface area contributed by atoms with Gasteiger partial charge in [0.15, 0.2) is 5.82 Å². The normalized spacial score (nSPS) is 10.8. The molecule has 4 aromatic rings. The first-order valence-electron chi connectivity index (χ1n) is 7.93. The second kappa shape index (κ2) is 6.46. The van der Waals surface area contributed by atoms with Crippen molar-refractivity contribution < 1.29 is 5.21 Å². The lowest BCUT2D eigenvalue weighted by atomic mass is 10.1. The highest BCUT2D eigenvalue weighted by Gasteiger charge is 2.20. The minimum atomic E-state index is 0.459. The summed E-state index contributed by atoms with van der Waals surface area (Å²) in [6.45, 7) is 0. The SMILES string of the molecule is On1c(-c2cccc(Cl)c2)nc(-c2ccccc2)c1-c1ccccc1. The van der Waals surface area contributed by atoms with Gasteiger partial charge in [-0.25, -0.2) is 4.98 Å². The van der Waals surface area contributed by atoms with Crippen LogP contribution in [0.4, 0.5) is 0 Å². The van der Waals surface area contributed by atoms with Gasteiger partial charge in [-0.15, -0.1) is 0 Å². The van der Waals surface area contributed by atoms with Gasteiger partial charge < -0.3 is 5.21 Å². The number of hydrogen-bond donors (Lipinski definition) is 1. The molecule has 25 heavy (non-hydrogen) atoms. The summed E-state index contributed by atoms with van der Waals surface area (Å²) in [6, 6.07) is 26.9. The van der Waals surface area contributed by atoms with E-state index in [4.69, 9.17) is 16.6 Å². The van der Waals surface area contributed by atoms with Crippen LogP contribution in [0.1, 0.15) is 0 Å². The Labute approximate surface area is 150 Å². The van der Waals surface area contributed by atoms with E-state index in [0.29, 0.717) is 16.5 Å². The monoisotopic (exact) mass is 346 g/mol. The van der Waals surface area contributed by atoms with Gasteiger partial charge in [-0.2, -0.15) is 4.73 Å². The summed E-state index contributed by atoms with van der Waals surface area (Å²) in [5, 5.41) is 11.5. The van der Waals surface area contributed by atoms with Gasteiger partial charge >= 0.3 is 0 Å². The fourth-order valence-electron chi connectivity index (χ4n) is 2.88. The summed E-state index contributed by atoms with van der Waals surface area (Å²) in [5.41, 5.74) is 3.97. The van der Waals surface area contributed by atoms with E-state index in [-0.39, 0.29) is 0 Å². The standard InChI is InChI=1S/C21H15ClN2O/c22-18-13-7-12-17(14-18)21-23-19(15-8-3-1-4-9-15)20(24(21)25)16-10-5-2-6-11-16/h1-14,25H. The lowest BCUT2D eigenvalue weighted by Gasteiger charge is -2.06. The summed E-state index contributed by atoms with van der Waals surface area (Å²) in [4.78, 5) is 4.72. The highest BCUT2D eigenvalue weighted by atomic mass is 35.5. The zero-order valence-electron chi connectivity index (χ0n) is 13.3. The van der Waals surface area contributed by atoms with Crippen LogP contribution in [0, 0.1) is 0 Å². The Morgan fingerprint density at radius 2 is 1.32 bits per heavy atom. The number of hydrogen-bond acceptors (Lipinski definition) is 2. The quantitative estimate of drug-likeness (QED) is 0.478. The van der Waals surface area contributed by atoms with E-state index in [1.807, 2.05) is 72.8 Å². The molecule has 0 spiro atoms. The molecule has 0 aliphatic rings. The average molecular weight is 347 g/mol. The van der Waals surface area contributed by atoms with Crippen molar-refractivity contribution in [1.29, 1.82) is 0 Å². The van der Waals surface area contributed by atoms with E-state index >= 15 is 0 Å². The third-order valence-electron chi connectivity index (χ3n) is 4.03. The third-order valence-corrected chi connectivity index (χ3v) is 4.27. The summed E-state index contributed by atoms with van der Waals surface area (Å²) in [6.07, 6.45) is 0. The Kier molecular flexibility index (Phi) is 4.00. The molecule has 3 aromatic carbocycles. The number of halogens is 1. The summed E-state index contributed by atoms with van der Waals surface area (Å²) in [7, 11) is 0. The summed E-state index contributed by atoms with van der Waals surface area (Å²) < 4.78 is 1.14. The van der Waals surface area contributed by atoms with Crippen LogP contribution in [0.2, 0.25) is 5.02 Å². The number of benzene rings is 3. The summed E-state index contributed by atoms with van der Waals surface area (Å²) in [5.74, 6) is 0.459. The molecule has 4 rings (SSSR count). The maximum Gasteiger partial charge on any atom is 0.176 e. The fraction of sp³-hybridized carbons (Fsp3) is 0. The van der Waals surface area contributed by atoms with E-state index < -0.39 is 0 Å². The zero-order valence-corrected chi connectivity index (χ0v) is 14.1. The maximum atomic E-state index is 10.9. The van der Waals surface area contributed by atoms with E-state index in [0.717, 1.165) is 27.1 Å². The van der Waals surface area contributed by atoms with Gasteiger partial charge in [0, 0.05) is 21.7 Å². The molecule has 0 saturated carbocycles. The van der Waals surface area contributed by atoms with Gasteiger partial charge in [-0.3, -0.25) is 0 Å². The lowest BCUT2D eigenvalue weighted by molar-refractivity contribution is 0.195. The molecule has 0 radical (unpaired) electrons. The van der Waals surface area contributed by atoms with Crippen molar-refractivity contribution in [3.05, 3.63) is 90.0 Å². The van der Waals surface area contributed by atoms with Crippen LogP contribution in [0.5, 0.6) is 0 Å². The fourth-order valence-corrected chi connectivity index (χ4v) is 3.07. The van der Waals surface area contributed by atoms with E-state index in [2.05, 4.69) is 0 Å². The van der Waals surface area contributed by atoms with Crippen LogP contribution in [-0.2, 0) is 0 Å². The predicted molar refractivity (Wildman–Crippen MR) is 101 cm³/mol. The van der Waals surface area contributed by atoms with Crippen molar-refractivity contribution in [1.82, 2.24) is 9.71 Å². The molecule has 0 saturated heterocycles. The largest absolute Gasteiger partial charge is 0.426 e. The van der Waals surface area contributed by atoms with E-state index in [1.54, 1.807) is 12.1 Å². The smallest absolute Gasteiger partial charge is 0.176 e. The number of nitrogens with zero attached hydrogens (tertiary/aromatic N) is 2. The maximum absolute atomic E-state index is 10.9. The minimum Gasteiger partial charge on any atom is -0.426 e. The number of aromatic nitrogens is 2. The molecule has 0 bridgehead atoms. The van der Waals surface area contributed by atoms with Crippen molar-refractivity contribution in [3.8, 4) is 33.9 Å². The van der Waals surface area contributed by atoms with Crippen molar-refractivity contribution in [2.75, 3.05) is 0 Å². The van der Waals surface area contributed by atoms with E-state index in [9.17, 15) is 5.21 Å². The Balaban J connectivity index is 1.99. The highest BCUT2D eigenvalue weighted by Crippen LogP contribution is 2.35. The molecule has 1 aromatic heterocycles.